The summed E-state index contributed by atoms with van der Waals surface area (Å²) in [7, 11) is 0. The second-order valence-corrected chi connectivity index (χ2v) is 5.98. The topological polar surface area (TPSA) is 15.3 Å². The first kappa shape index (κ1) is 19.4. The predicted octanol–water partition coefficient (Wildman–Crippen LogP) is 4.59. The number of allylic oxidation sites excluding steroid dienone is 1. The fourth-order valence-electron chi connectivity index (χ4n) is 2.93. The molecule has 1 aliphatic rings. The van der Waals surface area contributed by atoms with Crippen LogP contribution in [-0.4, -0.2) is 31.1 Å². The van der Waals surface area contributed by atoms with E-state index in [0.29, 0.717) is 5.02 Å². The van der Waals surface area contributed by atoms with E-state index in [1.165, 1.54) is 6.07 Å². The Labute approximate surface area is 144 Å². The molecule has 0 saturated carbocycles. The molecule has 124 valence electrons. The Hall–Kier alpha value is -0.610. The minimum absolute atomic E-state index is 0. The number of piperazine rings is 1. The quantitative estimate of drug-likeness (QED) is 0.573. The number of unbranched alkanes of at least 4 members (excludes halogenated alkanes) is 2. The van der Waals surface area contributed by atoms with Gasteiger partial charge in [-0.3, -0.25) is 4.90 Å². The first-order valence-corrected chi connectivity index (χ1v) is 8.11. The van der Waals surface area contributed by atoms with Gasteiger partial charge in [0, 0.05) is 42.8 Å². The molecule has 1 aromatic rings. The van der Waals surface area contributed by atoms with Gasteiger partial charge in [0.2, 0.25) is 0 Å². The van der Waals surface area contributed by atoms with E-state index in [4.69, 9.17) is 11.6 Å². The minimum Gasteiger partial charge on any atom is -0.314 e. The summed E-state index contributed by atoms with van der Waals surface area (Å²) in [6, 6.07) is 5.21. The van der Waals surface area contributed by atoms with Gasteiger partial charge in [-0.2, -0.15) is 0 Å². The highest BCUT2D eigenvalue weighted by Crippen LogP contribution is 2.30. The smallest absolute Gasteiger partial charge is 0.129 e. The third kappa shape index (κ3) is 5.54. The predicted molar refractivity (Wildman–Crippen MR) is 94.5 cm³/mol. The molecule has 0 aromatic heterocycles. The summed E-state index contributed by atoms with van der Waals surface area (Å²) in [4.78, 5) is 2.39. The van der Waals surface area contributed by atoms with Crippen molar-refractivity contribution < 1.29 is 4.39 Å². The SMILES string of the molecule is C=CCCCC[C@H](c1ccc(Cl)cc1F)N1CCNCC1.Cl. The van der Waals surface area contributed by atoms with E-state index in [-0.39, 0.29) is 24.3 Å². The number of benzene rings is 1. The molecule has 22 heavy (non-hydrogen) atoms. The number of hydrogen-bond donors (Lipinski definition) is 1. The van der Waals surface area contributed by atoms with E-state index in [9.17, 15) is 4.39 Å². The Morgan fingerprint density at radius 3 is 2.68 bits per heavy atom. The van der Waals surface area contributed by atoms with Crippen LogP contribution in [-0.2, 0) is 0 Å². The van der Waals surface area contributed by atoms with Crippen molar-refractivity contribution in [3.63, 3.8) is 0 Å². The molecule has 0 bridgehead atoms. The van der Waals surface area contributed by atoms with Crippen LogP contribution in [0.1, 0.15) is 37.3 Å². The number of hydrogen-bond acceptors (Lipinski definition) is 2. The van der Waals surface area contributed by atoms with Gasteiger partial charge in [0.25, 0.3) is 0 Å². The summed E-state index contributed by atoms with van der Waals surface area (Å²) in [5.41, 5.74) is 0.778. The Balaban J connectivity index is 0.00000242. The van der Waals surface area contributed by atoms with Gasteiger partial charge < -0.3 is 5.32 Å². The largest absolute Gasteiger partial charge is 0.314 e. The van der Waals surface area contributed by atoms with Crippen LogP contribution in [0.5, 0.6) is 0 Å². The highest BCUT2D eigenvalue weighted by Gasteiger charge is 2.24. The Bertz CT molecular complexity index is 462. The van der Waals surface area contributed by atoms with Crippen LogP contribution in [0.4, 0.5) is 4.39 Å². The molecule has 2 rings (SSSR count). The van der Waals surface area contributed by atoms with Crippen LogP contribution in [0, 0.1) is 5.82 Å². The van der Waals surface area contributed by atoms with Crippen molar-refractivity contribution in [1.82, 2.24) is 10.2 Å². The number of halogens is 3. The molecule has 1 saturated heterocycles. The van der Waals surface area contributed by atoms with Crippen molar-refractivity contribution in [2.24, 2.45) is 0 Å². The van der Waals surface area contributed by atoms with Crippen LogP contribution in [0.3, 0.4) is 0 Å². The zero-order chi connectivity index (χ0) is 15.1. The lowest BCUT2D eigenvalue weighted by molar-refractivity contribution is 0.160. The number of nitrogens with one attached hydrogen (secondary N) is 1. The van der Waals surface area contributed by atoms with E-state index >= 15 is 0 Å². The van der Waals surface area contributed by atoms with Crippen LogP contribution in [0.25, 0.3) is 0 Å². The molecule has 5 heteroatoms. The third-order valence-electron chi connectivity index (χ3n) is 4.05. The maximum Gasteiger partial charge on any atom is 0.129 e. The lowest BCUT2D eigenvalue weighted by Crippen LogP contribution is -2.45. The molecule has 1 heterocycles. The van der Waals surface area contributed by atoms with Crippen molar-refractivity contribution >= 4 is 24.0 Å². The third-order valence-corrected chi connectivity index (χ3v) is 4.28. The zero-order valence-corrected chi connectivity index (χ0v) is 14.4. The molecule has 0 spiro atoms. The molecule has 0 unspecified atom stereocenters. The minimum atomic E-state index is -0.185. The monoisotopic (exact) mass is 346 g/mol. The van der Waals surface area contributed by atoms with Gasteiger partial charge in [0.1, 0.15) is 5.82 Å². The fourth-order valence-corrected chi connectivity index (χ4v) is 3.09. The summed E-state index contributed by atoms with van der Waals surface area (Å²) in [5.74, 6) is -0.185. The van der Waals surface area contributed by atoms with Crippen molar-refractivity contribution in [3.8, 4) is 0 Å². The first-order chi connectivity index (χ1) is 10.2. The molecule has 1 aliphatic heterocycles. The zero-order valence-electron chi connectivity index (χ0n) is 12.9. The van der Waals surface area contributed by atoms with E-state index < -0.39 is 0 Å². The average Bonchev–Trinajstić information content (AvgIpc) is 2.49. The van der Waals surface area contributed by atoms with Crippen molar-refractivity contribution in [2.45, 2.75) is 31.7 Å². The molecule has 0 aliphatic carbocycles. The van der Waals surface area contributed by atoms with Gasteiger partial charge in [-0.25, -0.2) is 4.39 Å². The van der Waals surface area contributed by atoms with Gasteiger partial charge in [-0.05, 0) is 31.4 Å². The van der Waals surface area contributed by atoms with Crippen molar-refractivity contribution in [1.29, 1.82) is 0 Å². The number of nitrogens with zero attached hydrogens (tertiary/aromatic N) is 1. The Morgan fingerprint density at radius 1 is 1.32 bits per heavy atom. The van der Waals surface area contributed by atoms with Crippen molar-refractivity contribution in [3.05, 3.63) is 47.3 Å². The van der Waals surface area contributed by atoms with Gasteiger partial charge in [-0.1, -0.05) is 30.2 Å². The lowest BCUT2D eigenvalue weighted by atomic mass is 9.97. The molecule has 1 aromatic carbocycles. The van der Waals surface area contributed by atoms with Crippen LogP contribution < -0.4 is 5.32 Å². The first-order valence-electron chi connectivity index (χ1n) is 7.73. The Morgan fingerprint density at radius 2 is 2.05 bits per heavy atom. The van der Waals surface area contributed by atoms with E-state index in [2.05, 4.69) is 16.8 Å². The summed E-state index contributed by atoms with van der Waals surface area (Å²) in [5, 5.41) is 3.81. The maximum absolute atomic E-state index is 14.3. The average molecular weight is 347 g/mol. The maximum atomic E-state index is 14.3. The van der Waals surface area contributed by atoms with Crippen molar-refractivity contribution in [2.75, 3.05) is 26.2 Å². The van der Waals surface area contributed by atoms with Crippen LogP contribution in [0.2, 0.25) is 5.02 Å². The number of rotatable bonds is 7. The van der Waals surface area contributed by atoms with Gasteiger partial charge >= 0.3 is 0 Å². The van der Waals surface area contributed by atoms with Crippen LogP contribution >= 0.6 is 24.0 Å². The summed E-state index contributed by atoms with van der Waals surface area (Å²) in [6.45, 7) is 7.63. The standard InChI is InChI=1S/C17H24ClFN2.ClH/c1-2-3-4-5-6-17(21-11-9-20-10-12-21)15-8-7-14(18)13-16(15)19;/h2,7-8,13,17,20H,1,3-6,9-12H2;1H/t17-;/m1./s1. The molecule has 2 nitrogen and oxygen atoms in total. The van der Waals surface area contributed by atoms with Gasteiger partial charge in [0.15, 0.2) is 0 Å². The molecular formula is C17H25Cl2FN2. The molecule has 0 amide bonds. The highest BCUT2D eigenvalue weighted by atomic mass is 35.5. The normalized spacial score (nSPS) is 16.8. The molecular weight excluding hydrogens is 322 g/mol. The van der Waals surface area contributed by atoms with Crippen LogP contribution in [0.15, 0.2) is 30.9 Å². The van der Waals surface area contributed by atoms with E-state index in [1.807, 2.05) is 12.1 Å². The summed E-state index contributed by atoms with van der Waals surface area (Å²) >= 11 is 5.88. The molecule has 1 atom stereocenters. The fraction of sp³-hybridized carbons (Fsp3) is 0.529. The molecule has 0 radical (unpaired) electrons. The molecule has 1 fully saturated rings. The summed E-state index contributed by atoms with van der Waals surface area (Å²) in [6.07, 6.45) is 6.15. The molecule has 1 N–H and O–H groups in total. The van der Waals surface area contributed by atoms with E-state index in [0.717, 1.165) is 57.4 Å². The Kier molecular flexibility index (Phi) is 9.03. The van der Waals surface area contributed by atoms with Gasteiger partial charge in [-0.15, -0.1) is 19.0 Å². The van der Waals surface area contributed by atoms with E-state index in [1.54, 1.807) is 6.07 Å². The lowest BCUT2D eigenvalue weighted by Gasteiger charge is -2.35. The highest BCUT2D eigenvalue weighted by molar-refractivity contribution is 6.30. The summed E-state index contributed by atoms with van der Waals surface area (Å²) < 4.78 is 14.3. The van der Waals surface area contributed by atoms with Gasteiger partial charge in [0.05, 0.1) is 0 Å². The second-order valence-electron chi connectivity index (χ2n) is 5.54. The second kappa shape index (κ2) is 10.2.